The smallest absolute Gasteiger partial charge is 0.238 e. The lowest BCUT2D eigenvalue weighted by Gasteiger charge is -2.13. The molecular formula is C16H16ClN3O3. The number of hydrogen-bond donors (Lipinski definition) is 1. The summed E-state index contributed by atoms with van der Waals surface area (Å²) in [6.45, 7) is 4.02. The lowest BCUT2D eigenvalue weighted by atomic mass is 10.2. The number of benzene rings is 1. The molecule has 0 amide bonds. The molecule has 0 aliphatic carbocycles. The first-order chi connectivity index (χ1) is 11.1. The third kappa shape index (κ3) is 3.84. The van der Waals surface area contributed by atoms with Crippen LogP contribution in [0.25, 0.3) is 0 Å². The van der Waals surface area contributed by atoms with Crippen LogP contribution >= 0.6 is 11.6 Å². The van der Waals surface area contributed by atoms with Gasteiger partial charge in [-0.3, -0.25) is 0 Å². The van der Waals surface area contributed by atoms with Crippen LogP contribution in [0, 0.1) is 6.92 Å². The number of aromatic nitrogens is 2. The number of halogens is 1. The number of anilines is 1. The highest BCUT2D eigenvalue weighted by Crippen LogP contribution is 2.30. The molecule has 3 aromatic rings. The van der Waals surface area contributed by atoms with Gasteiger partial charge in [0.1, 0.15) is 24.2 Å². The molecule has 0 radical (unpaired) electrons. The highest BCUT2D eigenvalue weighted by atomic mass is 35.5. The predicted molar refractivity (Wildman–Crippen MR) is 85.6 cm³/mol. The van der Waals surface area contributed by atoms with E-state index in [4.69, 9.17) is 25.2 Å². The van der Waals surface area contributed by atoms with Gasteiger partial charge in [0.05, 0.1) is 11.3 Å². The molecular weight excluding hydrogens is 318 g/mol. The van der Waals surface area contributed by atoms with Crippen molar-refractivity contribution in [3.63, 3.8) is 0 Å². The molecule has 0 aliphatic heterocycles. The van der Waals surface area contributed by atoms with Crippen LogP contribution in [0.5, 0.6) is 5.75 Å². The van der Waals surface area contributed by atoms with Gasteiger partial charge in [0.2, 0.25) is 11.8 Å². The molecule has 7 heteroatoms. The van der Waals surface area contributed by atoms with Crippen molar-refractivity contribution in [2.75, 3.05) is 5.32 Å². The summed E-state index contributed by atoms with van der Waals surface area (Å²) >= 11 is 6.26. The van der Waals surface area contributed by atoms with Crippen LogP contribution in [-0.4, -0.2) is 10.2 Å². The Bertz CT molecular complexity index is 771. The van der Waals surface area contributed by atoms with Crippen LogP contribution in [0.2, 0.25) is 5.02 Å². The molecule has 0 bridgehead atoms. The Morgan fingerprint density at radius 1 is 1.30 bits per heavy atom. The molecule has 0 aliphatic rings. The van der Waals surface area contributed by atoms with Gasteiger partial charge in [0.15, 0.2) is 0 Å². The summed E-state index contributed by atoms with van der Waals surface area (Å²) < 4.78 is 16.3. The van der Waals surface area contributed by atoms with Crippen molar-refractivity contribution in [3.05, 3.63) is 59.2 Å². The Kier molecular flexibility index (Phi) is 4.52. The van der Waals surface area contributed by atoms with E-state index >= 15 is 0 Å². The average Bonchev–Trinajstić information content (AvgIpc) is 3.18. The topological polar surface area (TPSA) is 73.3 Å². The third-order valence-corrected chi connectivity index (χ3v) is 3.47. The second kappa shape index (κ2) is 6.75. The molecule has 0 saturated heterocycles. The monoisotopic (exact) mass is 333 g/mol. The molecule has 6 nitrogen and oxygen atoms in total. The van der Waals surface area contributed by atoms with E-state index in [0.29, 0.717) is 29.2 Å². The summed E-state index contributed by atoms with van der Waals surface area (Å²) in [4.78, 5) is 0. The Labute approximate surface area is 138 Å². The highest BCUT2D eigenvalue weighted by molar-refractivity contribution is 6.32. The lowest BCUT2D eigenvalue weighted by molar-refractivity contribution is 0.270. The van der Waals surface area contributed by atoms with Crippen molar-refractivity contribution < 1.29 is 13.6 Å². The maximum Gasteiger partial charge on any atom is 0.238 e. The van der Waals surface area contributed by atoms with Crippen LogP contribution in [-0.2, 0) is 6.61 Å². The van der Waals surface area contributed by atoms with E-state index in [-0.39, 0.29) is 6.04 Å². The summed E-state index contributed by atoms with van der Waals surface area (Å²) in [6.07, 6.45) is 1.61. The van der Waals surface area contributed by atoms with Crippen molar-refractivity contribution in [1.29, 1.82) is 0 Å². The highest BCUT2D eigenvalue weighted by Gasteiger charge is 2.13. The van der Waals surface area contributed by atoms with Crippen molar-refractivity contribution in [2.24, 2.45) is 0 Å². The quantitative estimate of drug-likeness (QED) is 0.721. The minimum Gasteiger partial charge on any atom is -0.484 e. The van der Waals surface area contributed by atoms with Gasteiger partial charge in [-0.15, -0.1) is 10.2 Å². The van der Waals surface area contributed by atoms with Gasteiger partial charge < -0.3 is 18.9 Å². The van der Waals surface area contributed by atoms with Gasteiger partial charge in [0.25, 0.3) is 0 Å². The maximum atomic E-state index is 6.26. The minimum absolute atomic E-state index is 0.123. The zero-order chi connectivity index (χ0) is 16.2. The van der Waals surface area contributed by atoms with Crippen LogP contribution < -0.4 is 10.1 Å². The lowest BCUT2D eigenvalue weighted by Crippen LogP contribution is -2.07. The zero-order valence-corrected chi connectivity index (χ0v) is 13.5. The molecule has 0 fully saturated rings. The van der Waals surface area contributed by atoms with Gasteiger partial charge in [-0.1, -0.05) is 11.6 Å². The first-order valence-corrected chi connectivity index (χ1v) is 7.51. The molecule has 1 aromatic carbocycles. The molecule has 1 N–H and O–H groups in total. The molecule has 0 spiro atoms. The number of furan rings is 1. The summed E-state index contributed by atoms with van der Waals surface area (Å²) in [7, 11) is 0. The summed E-state index contributed by atoms with van der Waals surface area (Å²) in [5.41, 5.74) is 0.837. The minimum atomic E-state index is -0.123. The van der Waals surface area contributed by atoms with Crippen LogP contribution in [0.1, 0.15) is 30.5 Å². The molecule has 1 atom stereocenters. The largest absolute Gasteiger partial charge is 0.484 e. The van der Waals surface area contributed by atoms with E-state index in [1.54, 1.807) is 25.3 Å². The Hall–Kier alpha value is -2.47. The van der Waals surface area contributed by atoms with Crippen molar-refractivity contribution in [2.45, 2.75) is 26.5 Å². The first-order valence-electron chi connectivity index (χ1n) is 7.13. The molecule has 1 unspecified atom stereocenters. The molecule has 0 saturated carbocycles. The third-order valence-electron chi connectivity index (χ3n) is 3.18. The van der Waals surface area contributed by atoms with E-state index in [2.05, 4.69) is 15.5 Å². The molecule has 2 aromatic heterocycles. The number of rotatable bonds is 6. The number of hydrogen-bond acceptors (Lipinski definition) is 6. The second-order valence-electron chi connectivity index (χ2n) is 5.04. The van der Waals surface area contributed by atoms with Crippen LogP contribution in [0.15, 0.2) is 45.4 Å². The Morgan fingerprint density at radius 2 is 2.17 bits per heavy atom. The Morgan fingerprint density at radius 3 is 2.83 bits per heavy atom. The van der Waals surface area contributed by atoms with E-state index < -0.39 is 0 Å². The van der Waals surface area contributed by atoms with Crippen molar-refractivity contribution >= 4 is 17.3 Å². The van der Waals surface area contributed by atoms with Crippen LogP contribution in [0.3, 0.4) is 0 Å². The first kappa shape index (κ1) is 15.4. The fraction of sp³-hybridized carbons (Fsp3) is 0.250. The normalized spacial score (nSPS) is 12.1. The molecule has 2 heterocycles. The van der Waals surface area contributed by atoms with Gasteiger partial charge in [-0.25, -0.2) is 0 Å². The van der Waals surface area contributed by atoms with E-state index in [1.165, 1.54) is 0 Å². The molecule has 3 rings (SSSR count). The van der Waals surface area contributed by atoms with E-state index in [1.807, 2.05) is 25.1 Å². The Balaban J connectivity index is 1.64. The average molecular weight is 334 g/mol. The maximum absolute atomic E-state index is 6.26. The van der Waals surface area contributed by atoms with Gasteiger partial charge in [0, 0.05) is 12.6 Å². The number of aryl methyl sites for hydroxylation is 1. The van der Waals surface area contributed by atoms with Crippen molar-refractivity contribution in [1.82, 2.24) is 10.2 Å². The second-order valence-corrected chi connectivity index (χ2v) is 5.45. The fourth-order valence-electron chi connectivity index (χ4n) is 2.05. The summed E-state index contributed by atoms with van der Waals surface area (Å²) in [5.74, 6) is 2.39. The van der Waals surface area contributed by atoms with E-state index in [0.717, 1.165) is 11.4 Å². The fourth-order valence-corrected chi connectivity index (χ4v) is 2.28. The molecule has 23 heavy (non-hydrogen) atoms. The van der Waals surface area contributed by atoms with Gasteiger partial charge in [-0.05, 0) is 37.3 Å². The summed E-state index contributed by atoms with van der Waals surface area (Å²) in [5, 5.41) is 11.6. The van der Waals surface area contributed by atoms with Gasteiger partial charge >= 0.3 is 0 Å². The predicted octanol–water partition coefficient (Wildman–Crippen LogP) is 4.38. The molecule has 120 valence electrons. The standard InChI is InChI=1S/C16H16ClN3O3/c1-10(16-20-19-11(2)23-16)18-12-5-6-15(14(17)8-12)22-9-13-4-3-7-21-13/h3-8,10,18H,9H2,1-2H3. The van der Waals surface area contributed by atoms with Crippen molar-refractivity contribution in [3.8, 4) is 5.75 Å². The number of ether oxygens (including phenoxy) is 1. The number of nitrogens with zero attached hydrogens (tertiary/aromatic N) is 2. The SMILES string of the molecule is Cc1nnc(C(C)Nc2ccc(OCc3ccco3)c(Cl)c2)o1. The summed E-state index contributed by atoms with van der Waals surface area (Å²) in [6, 6.07) is 9.01. The zero-order valence-electron chi connectivity index (χ0n) is 12.7. The van der Waals surface area contributed by atoms with Gasteiger partial charge in [-0.2, -0.15) is 0 Å². The van der Waals surface area contributed by atoms with E-state index in [9.17, 15) is 0 Å². The number of nitrogens with one attached hydrogen (secondary N) is 1. The van der Waals surface area contributed by atoms with Crippen LogP contribution in [0.4, 0.5) is 5.69 Å².